The summed E-state index contributed by atoms with van der Waals surface area (Å²) < 4.78 is 13.8. The van der Waals surface area contributed by atoms with E-state index in [0.29, 0.717) is 5.56 Å². The fraction of sp³-hybridized carbons (Fsp3) is 0.211. The lowest BCUT2D eigenvalue weighted by atomic mass is 10.1. The molecule has 2 aromatic rings. The van der Waals surface area contributed by atoms with Crippen molar-refractivity contribution in [1.29, 1.82) is 0 Å². The van der Waals surface area contributed by atoms with Gasteiger partial charge in [-0.1, -0.05) is 28.1 Å². The minimum Gasteiger partial charge on any atom is -0.312 e. The van der Waals surface area contributed by atoms with Crippen molar-refractivity contribution in [2.75, 3.05) is 11.4 Å². The molecule has 0 aliphatic carbocycles. The molecule has 1 aliphatic rings. The van der Waals surface area contributed by atoms with Crippen molar-refractivity contribution in [2.24, 2.45) is 5.92 Å². The molecule has 0 aromatic heterocycles. The van der Waals surface area contributed by atoms with Gasteiger partial charge in [-0.3, -0.25) is 25.2 Å². The fourth-order valence-electron chi connectivity index (χ4n) is 2.82. The molecule has 2 N–H and O–H groups in total. The quantitative estimate of drug-likeness (QED) is 0.726. The smallest absolute Gasteiger partial charge is 0.243 e. The van der Waals surface area contributed by atoms with Crippen molar-refractivity contribution in [1.82, 2.24) is 10.9 Å². The summed E-state index contributed by atoms with van der Waals surface area (Å²) in [6.45, 7) is 0.250. The van der Waals surface area contributed by atoms with Crippen LogP contribution in [0.4, 0.5) is 10.1 Å². The summed E-state index contributed by atoms with van der Waals surface area (Å²) in [5.41, 5.74) is 6.04. The number of halogens is 2. The SMILES string of the molecule is O=C(Cc1ccc(F)cc1)NNC(=O)C1CC(=O)N(c2ccc(Br)cc2)C1. The minimum absolute atomic E-state index is 0.00910. The Morgan fingerprint density at radius 3 is 2.41 bits per heavy atom. The normalized spacial score (nSPS) is 16.3. The molecular formula is C19H17BrFN3O3. The van der Waals surface area contributed by atoms with Gasteiger partial charge >= 0.3 is 0 Å². The van der Waals surface area contributed by atoms with Crippen molar-refractivity contribution in [3.8, 4) is 0 Å². The molecular weight excluding hydrogens is 417 g/mol. The minimum atomic E-state index is -0.549. The molecule has 8 heteroatoms. The second kappa shape index (κ2) is 8.30. The van der Waals surface area contributed by atoms with Crippen LogP contribution in [0.3, 0.4) is 0 Å². The molecule has 0 saturated carbocycles. The third-order valence-electron chi connectivity index (χ3n) is 4.24. The predicted molar refractivity (Wildman–Crippen MR) is 101 cm³/mol. The van der Waals surface area contributed by atoms with Crippen molar-refractivity contribution in [2.45, 2.75) is 12.8 Å². The zero-order valence-corrected chi connectivity index (χ0v) is 15.8. The van der Waals surface area contributed by atoms with Gasteiger partial charge in [0.1, 0.15) is 5.82 Å². The van der Waals surface area contributed by atoms with Gasteiger partial charge in [-0.15, -0.1) is 0 Å². The Bertz CT molecular complexity index is 856. The number of hydrazine groups is 1. The number of nitrogens with zero attached hydrogens (tertiary/aromatic N) is 1. The van der Waals surface area contributed by atoms with Crippen molar-refractivity contribution in [3.05, 3.63) is 64.4 Å². The summed E-state index contributed by atoms with van der Waals surface area (Å²) in [6, 6.07) is 12.8. The molecule has 0 spiro atoms. The maximum absolute atomic E-state index is 12.9. The first-order valence-corrected chi connectivity index (χ1v) is 9.11. The van der Waals surface area contributed by atoms with Gasteiger partial charge in [0, 0.05) is 23.1 Å². The molecule has 3 rings (SSSR count). The van der Waals surface area contributed by atoms with Crippen LogP contribution in [-0.4, -0.2) is 24.3 Å². The van der Waals surface area contributed by atoms with E-state index in [1.807, 2.05) is 12.1 Å². The number of carbonyl (C=O) groups is 3. The third kappa shape index (κ3) is 4.91. The van der Waals surface area contributed by atoms with Gasteiger partial charge in [0.15, 0.2) is 0 Å². The van der Waals surface area contributed by atoms with E-state index in [0.717, 1.165) is 10.2 Å². The number of amides is 3. The zero-order chi connectivity index (χ0) is 19.4. The standard InChI is InChI=1S/C19H17BrFN3O3/c20-14-3-7-16(8-4-14)24-11-13(10-18(24)26)19(27)23-22-17(25)9-12-1-5-15(21)6-2-12/h1-8,13H,9-11H2,(H,22,25)(H,23,27). The number of hydrogen-bond acceptors (Lipinski definition) is 3. The van der Waals surface area contributed by atoms with E-state index in [1.54, 1.807) is 17.0 Å². The summed E-state index contributed by atoms with van der Waals surface area (Å²) >= 11 is 3.34. The molecule has 27 heavy (non-hydrogen) atoms. The number of anilines is 1. The molecule has 1 atom stereocenters. The van der Waals surface area contributed by atoms with Gasteiger partial charge in [0.2, 0.25) is 17.7 Å². The van der Waals surface area contributed by atoms with Crippen LogP contribution >= 0.6 is 15.9 Å². The first kappa shape index (κ1) is 19.0. The van der Waals surface area contributed by atoms with Crippen LogP contribution in [0.2, 0.25) is 0 Å². The summed E-state index contributed by atoms with van der Waals surface area (Å²) in [5, 5.41) is 0. The summed E-state index contributed by atoms with van der Waals surface area (Å²) in [6.07, 6.45) is 0.0882. The monoisotopic (exact) mass is 433 g/mol. The van der Waals surface area contributed by atoms with Crippen LogP contribution in [0.5, 0.6) is 0 Å². The molecule has 0 bridgehead atoms. The molecule has 1 aliphatic heterocycles. The van der Waals surface area contributed by atoms with E-state index in [2.05, 4.69) is 26.8 Å². The van der Waals surface area contributed by atoms with Crippen molar-refractivity contribution in [3.63, 3.8) is 0 Å². The topological polar surface area (TPSA) is 78.5 Å². The van der Waals surface area contributed by atoms with Crippen LogP contribution in [0.25, 0.3) is 0 Å². The highest BCUT2D eigenvalue weighted by Gasteiger charge is 2.35. The Labute approximate surface area is 163 Å². The van der Waals surface area contributed by atoms with Gasteiger partial charge in [-0.25, -0.2) is 4.39 Å². The van der Waals surface area contributed by atoms with Gasteiger partial charge in [-0.05, 0) is 42.0 Å². The molecule has 1 unspecified atom stereocenters. The van der Waals surface area contributed by atoms with Crippen molar-refractivity contribution < 1.29 is 18.8 Å². The summed E-state index contributed by atoms with van der Waals surface area (Å²) in [5.74, 6) is -1.92. The third-order valence-corrected chi connectivity index (χ3v) is 4.77. The van der Waals surface area contributed by atoms with E-state index in [4.69, 9.17) is 0 Å². The molecule has 1 saturated heterocycles. The average Bonchev–Trinajstić information content (AvgIpc) is 3.04. The largest absolute Gasteiger partial charge is 0.312 e. The molecule has 1 fully saturated rings. The summed E-state index contributed by atoms with van der Waals surface area (Å²) in [7, 11) is 0. The Kier molecular flexibility index (Phi) is 5.85. The number of carbonyl (C=O) groups excluding carboxylic acids is 3. The Balaban J connectivity index is 1.51. The van der Waals surface area contributed by atoms with Crippen LogP contribution in [0.1, 0.15) is 12.0 Å². The number of hydrogen-bond donors (Lipinski definition) is 2. The fourth-order valence-corrected chi connectivity index (χ4v) is 3.08. The van der Waals surface area contributed by atoms with E-state index in [-0.39, 0.29) is 31.1 Å². The van der Waals surface area contributed by atoms with Crippen molar-refractivity contribution >= 4 is 39.3 Å². The van der Waals surface area contributed by atoms with Gasteiger partial charge in [0.25, 0.3) is 0 Å². The summed E-state index contributed by atoms with van der Waals surface area (Å²) in [4.78, 5) is 37.9. The molecule has 2 aromatic carbocycles. The maximum Gasteiger partial charge on any atom is 0.243 e. The Morgan fingerprint density at radius 2 is 1.74 bits per heavy atom. The van der Waals surface area contributed by atoms with E-state index >= 15 is 0 Å². The Hall–Kier alpha value is -2.74. The second-order valence-electron chi connectivity index (χ2n) is 6.22. The van der Waals surface area contributed by atoms with Crippen LogP contribution in [-0.2, 0) is 20.8 Å². The van der Waals surface area contributed by atoms with Gasteiger partial charge < -0.3 is 4.90 Å². The molecule has 3 amide bonds. The first-order valence-electron chi connectivity index (χ1n) is 8.31. The second-order valence-corrected chi connectivity index (χ2v) is 7.14. The van der Waals surface area contributed by atoms with E-state index in [9.17, 15) is 18.8 Å². The lowest BCUT2D eigenvalue weighted by Gasteiger charge is -2.17. The maximum atomic E-state index is 12.9. The molecule has 6 nitrogen and oxygen atoms in total. The predicted octanol–water partition coefficient (Wildman–Crippen LogP) is 2.33. The highest BCUT2D eigenvalue weighted by atomic mass is 79.9. The van der Waals surface area contributed by atoms with E-state index in [1.165, 1.54) is 24.3 Å². The van der Waals surface area contributed by atoms with Crippen LogP contribution < -0.4 is 15.8 Å². The van der Waals surface area contributed by atoms with Crippen LogP contribution in [0, 0.1) is 11.7 Å². The average molecular weight is 434 g/mol. The van der Waals surface area contributed by atoms with Gasteiger partial charge in [-0.2, -0.15) is 0 Å². The zero-order valence-electron chi connectivity index (χ0n) is 14.2. The number of nitrogens with one attached hydrogen (secondary N) is 2. The molecule has 140 valence electrons. The van der Waals surface area contributed by atoms with E-state index < -0.39 is 17.7 Å². The Morgan fingerprint density at radius 1 is 1.07 bits per heavy atom. The molecule has 1 heterocycles. The highest BCUT2D eigenvalue weighted by molar-refractivity contribution is 9.10. The molecule has 0 radical (unpaired) electrons. The highest BCUT2D eigenvalue weighted by Crippen LogP contribution is 2.26. The van der Waals surface area contributed by atoms with Gasteiger partial charge in [0.05, 0.1) is 12.3 Å². The first-order chi connectivity index (χ1) is 12.9. The number of benzene rings is 2. The number of rotatable bonds is 4. The van der Waals surface area contributed by atoms with Crippen LogP contribution in [0.15, 0.2) is 53.0 Å². The lowest BCUT2D eigenvalue weighted by Crippen LogP contribution is -2.45. The lowest BCUT2D eigenvalue weighted by molar-refractivity contribution is -0.131.